The largest absolute Gasteiger partial charge is 0.249 e. The minimum Gasteiger partial charge on any atom is -0.249 e. The molecule has 1 aromatic rings. The van der Waals surface area contributed by atoms with Crippen LogP contribution in [0, 0.1) is 11.8 Å². The lowest BCUT2D eigenvalue weighted by molar-refractivity contribution is 0.604. The van der Waals surface area contributed by atoms with Gasteiger partial charge in [-0.3, -0.25) is 0 Å². The first-order valence-electron chi connectivity index (χ1n) is 5.59. The highest BCUT2D eigenvalue weighted by Gasteiger charge is 2.30. The van der Waals surface area contributed by atoms with Crippen LogP contribution < -0.4 is 0 Å². The molecule has 3 rings (SSSR count). The average molecular weight is 292 g/mol. The zero-order valence-corrected chi connectivity index (χ0v) is 10.9. The summed E-state index contributed by atoms with van der Waals surface area (Å²) in [6.45, 7) is 2.10. The number of hydrogen-bond acceptors (Lipinski definition) is 1. The Kier molecular flexibility index (Phi) is 2.51. The second-order valence-corrected chi connectivity index (χ2v) is 5.18. The number of halogens is 2. The molecule has 3 heteroatoms. The maximum absolute atomic E-state index is 14.1. The highest BCUT2D eigenvalue weighted by atomic mass is 79.9. The van der Waals surface area contributed by atoms with Crippen LogP contribution in [0.5, 0.6) is 0 Å². The van der Waals surface area contributed by atoms with E-state index in [2.05, 4.69) is 40.0 Å². The van der Waals surface area contributed by atoms with Gasteiger partial charge < -0.3 is 0 Å². The molecule has 0 radical (unpaired) electrons. The maximum atomic E-state index is 14.1. The third kappa shape index (κ3) is 1.61. The Morgan fingerprint density at radius 1 is 1.41 bits per heavy atom. The van der Waals surface area contributed by atoms with Gasteiger partial charge in [0, 0.05) is 23.2 Å². The van der Waals surface area contributed by atoms with E-state index in [1.54, 1.807) is 18.3 Å². The van der Waals surface area contributed by atoms with Crippen LogP contribution in [-0.4, -0.2) is 4.98 Å². The fourth-order valence-corrected chi connectivity index (χ4v) is 3.06. The molecule has 0 fully saturated rings. The summed E-state index contributed by atoms with van der Waals surface area (Å²) in [4.78, 5) is 4.20. The number of fused-ring (bicyclic) bond motifs is 3. The zero-order valence-electron chi connectivity index (χ0n) is 9.32. The smallest absolute Gasteiger partial charge is 0.127 e. The lowest BCUT2D eigenvalue weighted by Gasteiger charge is -2.30. The third-order valence-electron chi connectivity index (χ3n) is 3.39. The molecule has 2 unspecified atom stereocenters. The van der Waals surface area contributed by atoms with Crippen LogP contribution in [0.25, 0.3) is 11.4 Å². The van der Waals surface area contributed by atoms with Crippen molar-refractivity contribution in [2.75, 3.05) is 0 Å². The van der Waals surface area contributed by atoms with Crippen molar-refractivity contribution >= 4 is 27.3 Å². The van der Waals surface area contributed by atoms with Crippen molar-refractivity contribution in [3.05, 3.63) is 52.3 Å². The second-order valence-electron chi connectivity index (χ2n) is 4.43. The van der Waals surface area contributed by atoms with E-state index in [0.717, 1.165) is 15.7 Å². The fraction of sp³-hybridized carbons (Fsp3) is 0.214. The van der Waals surface area contributed by atoms with E-state index >= 15 is 0 Å². The van der Waals surface area contributed by atoms with Crippen molar-refractivity contribution in [2.45, 2.75) is 6.92 Å². The lowest BCUT2D eigenvalue weighted by Crippen LogP contribution is -2.17. The number of allylic oxidation sites excluding steroid dienone is 5. The van der Waals surface area contributed by atoms with Crippen molar-refractivity contribution in [3.8, 4) is 0 Å². The van der Waals surface area contributed by atoms with Gasteiger partial charge in [-0.15, -0.1) is 0 Å². The van der Waals surface area contributed by atoms with Gasteiger partial charge >= 0.3 is 0 Å². The molecule has 2 aliphatic rings. The van der Waals surface area contributed by atoms with E-state index in [1.165, 1.54) is 0 Å². The lowest BCUT2D eigenvalue weighted by atomic mass is 9.76. The van der Waals surface area contributed by atoms with Crippen LogP contribution in [0.3, 0.4) is 0 Å². The van der Waals surface area contributed by atoms with Gasteiger partial charge in [0.15, 0.2) is 0 Å². The summed E-state index contributed by atoms with van der Waals surface area (Å²) in [5, 5.41) is 0. The summed E-state index contributed by atoms with van der Waals surface area (Å²) in [7, 11) is 0. The van der Waals surface area contributed by atoms with Gasteiger partial charge in [0.25, 0.3) is 0 Å². The van der Waals surface area contributed by atoms with Crippen molar-refractivity contribution in [1.82, 2.24) is 4.98 Å². The van der Waals surface area contributed by atoms with Crippen molar-refractivity contribution in [2.24, 2.45) is 11.8 Å². The number of aromatic nitrogens is 1. The van der Waals surface area contributed by atoms with Crippen LogP contribution in [0.2, 0.25) is 0 Å². The van der Waals surface area contributed by atoms with E-state index in [1.807, 2.05) is 6.08 Å². The van der Waals surface area contributed by atoms with Crippen LogP contribution in [0.1, 0.15) is 18.1 Å². The molecule has 0 amide bonds. The van der Waals surface area contributed by atoms with Crippen LogP contribution >= 0.6 is 15.9 Å². The predicted molar refractivity (Wildman–Crippen MR) is 70.8 cm³/mol. The fourth-order valence-electron chi connectivity index (χ4n) is 2.50. The Bertz CT molecular complexity index is 572. The van der Waals surface area contributed by atoms with Gasteiger partial charge in [0.05, 0.1) is 0 Å². The summed E-state index contributed by atoms with van der Waals surface area (Å²) >= 11 is 3.42. The average Bonchev–Trinajstić information content (AvgIpc) is 2.31. The standard InChI is InChI=1S/C14H11BrFN/c1-8-3-2-4-9-11(8)7-12(16)10-5-6-17-14(15)13(9)10/h2-8,11H,1H3. The van der Waals surface area contributed by atoms with E-state index in [9.17, 15) is 4.39 Å². The van der Waals surface area contributed by atoms with Crippen molar-refractivity contribution in [3.63, 3.8) is 0 Å². The Morgan fingerprint density at radius 3 is 3.06 bits per heavy atom. The maximum Gasteiger partial charge on any atom is 0.127 e. The number of hydrogen-bond donors (Lipinski definition) is 0. The number of pyridine rings is 1. The van der Waals surface area contributed by atoms with Gasteiger partial charge in [-0.25, -0.2) is 9.37 Å². The molecule has 0 saturated carbocycles. The quantitative estimate of drug-likeness (QED) is 0.647. The number of rotatable bonds is 0. The second kappa shape index (κ2) is 3.91. The third-order valence-corrected chi connectivity index (χ3v) is 3.99. The molecule has 0 bridgehead atoms. The molecule has 0 spiro atoms. The predicted octanol–water partition coefficient (Wildman–Crippen LogP) is 4.37. The molecule has 2 atom stereocenters. The molecule has 86 valence electrons. The van der Waals surface area contributed by atoms with E-state index in [4.69, 9.17) is 0 Å². The molecular weight excluding hydrogens is 281 g/mol. The first-order chi connectivity index (χ1) is 8.18. The molecule has 1 nitrogen and oxygen atoms in total. The SMILES string of the molecule is CC1C=CC=C2c3c(ccnc3Br)C(F)=CC21. The minimum absolute atomic E-state index is 0.119. The Hall–Kier alpha value is -1.22. The first-order valence-corrected chi connectivity index (χ1v) is 6.38. The van der Waals surface area contributed by atoms with Gasteiger partial charge in [-0.05, 0) is 39.6 Å². The topological polar surface area (TPSA) is 12.9 Å². The normalized spacial score (nSPS) is 25.8. The molecule has 0 N–H and O–H groups in total. The Balaban J connectivity index is 2.29. The van der Waals surface area contributed by atoms with E-state index in [-0.39, 0.29) is 11.7 Å². The summed E-state index contributed by atoms with van der Waals surface area (Å²) in [5.41, 5.74) is 2.68. The van der Waals surface area contributed by atoms with Gasteiger partial charge in [-0.1, -0.05) is 25.2 Å². The molecule has 1 aromatic heterocycles. The molecule has 0 saturated heterocycles. The van der Waals surface area contributed by atoms with Crippen molar-refractivity contribution < 1.29 is 4.39 Å². The summed E-state index contributed by atoms with van der Waals surface area (Å²) in [6, 6.07) is 1.73. The summed E-state index contributed by atoms with van der Waals surface area (Å²) < 4.78 is 14.8. The summed E-state index contributed by atoms with van der Waals surface area (Å²) in [6.07, 6.45) is 9.54. The molecule has 0 aromatic carbocycles. The van der Waals surface area contributed by atoms with Crippen molar-refractivity contribution in [1.29, 1.82) is 0 Å². The minimum atomic E-state index is -0.146. The Morgan fingerprint density at radius 2 is 2.24 bits per heavy atom. The van der Waals surface area contributed by atoms with E-state index in [0.29, 0.717) is 11.5 Å². The summed E-state index contributed by atoms with van der Waals surface area (Å²) in [5.74, 6) is 0.293. The Labute approximate surface area is 108 Å². The number of nitrogens with zero attached hydrogens (tertiary/aromatic N) is 1. The van der Waals surface area contributed by atoms with E-state index < -0.39 is 0 Å². The monoisotopic (exact) mass is 291 g/mol. The van der Waals surface area contributed by atoms with Gasteiger partial charge in [0.2, 0.25) is 0 Å². The van der Waals surface area contributed by atoms with Crippen LogP contribution in [0.4, 0.5) is 4.39 Å². The van der Waals surface area contributed by atoms with Crippen LogP contribution in [0.15, 0.2) is 41.2 Å². The van der Waals surface area contributed by atoms with Gasteiger partial charge in [0.1, 0.15) is 10.4 Å². The molecule has 2 aliphatic carbocycles. The highest BCUT2D eigenvalue weighted by molar-refractivity contribution is 9.10. The molecule has 17 heavy (non-hydrogen) atoms. The molecular formula is C14H11BrFN. The molecule has 1 heterocycles. The van der Waals surface area contributed by atoms with Crippen LogP contribution in [-0.2, 0) is 0 Å². The zero-order chi connectivity index (χ0) is 12.0. The highest BCUT2D eigenvalue weighted by Crippen LogP contribution is 2.45. The van der Waals surface area contributed by atoms with Gasteiger partial charge in [-0.2, -0.15) is 0 Å². The molecule has 0 aliphatic heterocycles. The first kappa shape index (κ1) is 10.9.